The predicted molar refractivity (Wildman–Crippen MR) is 71.0 cm³/mol. The van der Waals surface area contributed by atoms with Crippen LogP contribution in [-0.4, -0.2) is 19.8 Å². The SMILES string of the molecule is CCC(NCC1CCOCC1)c1cccc(F)c1. The van der Waals surface area contributed by atoms with Crippen LogP contribution in [0.1, 0.15) is 37.8 Å². The molecule has 100 valence electrons. The zero-order valence-electron chi connectivity index (χ0n) is 11.0. The lowest BCUT2D eigenvalue weighted by atomic mass is 9.98. The van der Waals surface area contributed by atoms with Crippen LogP contribution in [0.2, 0.25) is 0 Å². The topological polar surface area (TPSA) is 21.3 Å². The summed E-state index contributed by atoms with van der Waals surface area (Å²) in [5.74, 6) is 0.542. The van der Waals surface area contributed by atoms with Crippen molar-refractivity contribution in [2.75, 3.05) is 19.8 Å². The lowest BCUT2D eigenvalue weighted by Crippen LogP contribution is -2.30. The van der Waals surface area contributed by atoms with Crippen molar-refractivity contribution in [2.45, 2.75) is 32.2 Å². The van der Waals surface area contributed by atoms with E-state index < -0.39 is 0 Å². The van der Waals surface area contributed by atoms with Gasteiger partial charge >= 0.3 is 0 Å². The van der Waals surface area contributed by atoms with Crippen molar-refractivity contribution in [3.05, 3.63) is 35.6 Å². The number of nitrogens with one attached hydrogen (secondary N) is 1. The van der Waals surface area contributed by atoms with Crippen LogP contribution in [0.5, 0.6) is 0 Å². The first-order valence-corrected chi connectivity index (χ1v) is 6.86. The Hall–Kier alpha value is -0.930. The molecular formula is C15H22FNO. The van der Waals surface area contributed by atoms with Gasteiger partial charge in [-0.2, -0.15) is 0 Å². The Kier molecular flexibility index (Phi) is 5.14. The van der Waals surface area contributed by atoms with Crippen molar-refractivity contribution >= 4 is 0 Å². The van der Waals surface area contributed by atoms with Gasteiger partial charge in [-0.05, 0) is 49.4 Å². The minimum atomic E-state index is -0.154. The van der Waals surface area contributed by atoms with Gasteiger partial charge < -0.3 is 10.1 Å². The third kappa shape index (κ3) is 3.79. The van der Waals surface area contributed by atoms with Crippen LogP contribution >= 0.6 is 0 Å². The van der Waals surface area contributed by atoms with Crippen molar-refractivity contribution in [3.63, 3.8) is 0 Å². The minimum Gasteiger partial charge on any atom is -0.381 e. The highest BCUT2D eigenvalue weighted by atomic mass is 19.1. The van der Waals surface area contributed by atoms with Gasteiger partial charge in [0.15, 0.2) is 0 Å². The zero-order valence-corrected chi connectivity index (χ0v) is 11.0. The van der Waals surface area contributed by atoms with Crippen molar-refractivity contribution in [1.29, 1.82) is 0 Å². The van der Waals surface area contributed by atoms with E-state index in [4.69, 9.17) is 4.74 Å². The van der Waals surface area contributed by atoms with Gasteiger partial charge in [0, 0.05) is 19.3 Å². The molecule has 0 radical (unpaired) electrons. The molecule has 1 aromatic rings. The fourth-order valence-corrected chi connectivity index (χ4v) is 2.48. The molecule has 1 fully saturated rings. The molecule has 18 heavy (non-hydrogen) atoms. The third-order valence-electron chi connectivity index (χ3n) is 3.65. The molecule has 1 saturated heterocycles. The quantitative estimate of drug-likeness (QED) is 0.867. The summed E-state index contributed by atoms with van der Waals surface area (Å²) in [4.78, 5) is 0. The molecule has 1 unspecified atom stereocenters. The maximum atomic E-state index is 13.2. The highest BCUT2D eigenvalue weighted by Gasteiger charge is 2.16. The molecular weight excluding hydrogens is 229 g/mol. The Morgan fingerprint density at radius 1 is 1.39 bits per heavy atom. The van der Waals surface area contributed by atoms with E-state index in [0.29, 0.717) is 5.92 Å². The summed E-state index contributed by atoms with van der Waals surface area (Å²) < 4.78 is 18.6. The summed E-state index contributed by atoms with van der Waals surface area (Å²) in [7, 11) is 0. The van der Waals surface area contributed by atoms with Gasteiger partial charge in [0.2, 0.25) is 0 Å². The zero-order chi connectivity index (χ0) is 12.8. The van der Waals surface area contributed by atoms with Crippen LogP contribution in [0.15, 0.2) is 24.3 Å². The van der Waals surface area contributed by atoms with E-state index in [9.17, 15) is 4.39 Å². The highest BCUT2D eigenvalue weighted by Crippen LogP contribution is 2.20. The fraction of sp³-hybridized carbons (Fsp3) is 0.600. The molecule has 1 N–H and O–H groups in total. The van der Waals surface area contributed by atoms with Crippen molar-refractivity contribution in [1.82, 2.24) is 5.32 Å². The fourth-order valence-electron chi connectivity index (χ4n) is 2.48. The smallest absolute Gasteiger partial charge is 0.123 e. The molecule has 0 saturated carbocycles. The van der Waals surface area contributed by atoms with E-state index in [1.54, 1.807) is 12.1 Å². The van der Waals surface area contributed by atoms with E-state index in [1.165, 1.54) is 6.07 Å². The second-order valence-electron chi connectivity index (χ2n) is 4.98. The molecule has 0 aromatic heterocycles. The number of benzene rings is 1. The summed E-state index contributed by atoms with van der Waals surface area (Å²) in [6, 6.07) is 7.15. The van der Waals surface area contributed by atoms with Gasteiger partial charge in [0.05, 0.1) is 0 Å². The number of rotatable bonds is 5. The molecule has 1 aliphatic heterocycles. The second-order valence-corrected chi connectivity index (χ2v) is 4.98. The maximum Gasteiger partial charge on any atom is 0.123 e. The summed E-state index contributed by atoms with van der Waals surface area (Å²) in [6.07, 6.45) is 3.24. The standard InChI is InChI=1S/C15H22FNO/c1-2-15(13-4-3-5-14(16)10-13)17-11-12-6-8-18-9-7-12/h3-5,10,12,15,17H,2,6-9,11H2,1H3. The van der Waals surface area contributed by atoms with Crippen LogP contribution in [-0.2, 0) is 4.74 Å². The summed E-state index contributed by atoms with van der Waals surface area (Å²) in [6.45, 7) is 4.89. The Balaban J connectivity index is 1.88. The normalized spacial score (nSPS) is 18.8. The number of halogens is 1. The Morgan fingerprint density at radius 3 is 2.83 bits per heavy atom. The first-order chi connectivity index (χ1) is 8.79. The largest absolute Gasteiger partial charge is 0.381 e. The van der Waals surface area contributed by atoms with Crippen molar-refractivity contribution < 1.29 is 9.13 Å². The average molecular weight is 251 g/mol. The number of hydrogen-bond acceptors (Lipinski definition) is 2. The van der Waals surface area contributed by atoms with Crippen molar-refractivity contribution in [3.8, 4) is 0 Å². The maximum absolute atomic E-state index is 13.2. The first-order valence-electron chi connectivity index (χ1n) is 6.86. The van der Waals surface area contributed by atoms with Gasteiger partial charge in [-0.25, -0.2) is 4.39 Å². The van der Waals surface area contributed by atoms with Crippen LogP contribution in [0, 0.1) is 11.7 Å². The first kappa shape index (κ1) is 13.5. The van der Waals surface area contributed by atoms with Gasteiger partial charge in [-0.15, -0.1) is 0 Å². The number of hydrogen-bond donors (Lipinski definition) is 1. The van der Waals surface area contributed by atoms with E-state index in [2.05, 4.69) is 12.2 Å². The van der Waals surface area contributed by atoms with Gasteiger partial charge in [-0.3, -0.25) is 0 Å². The Morgan fingerprint density at radius 2 is 2.17 bits per heavy atom. The van der Waals surface area contributed by atoms with Crippen LogP contribution in [0.4, 0.5) is 4.39 Å². The van der Waals surface area contributed by atoms with Crippen LogP contribution in [0.3, 0.4) is 0 Å². The molecule has 0 amide bonds. The van der Waals surface area contributed by atoms with E-state index in [1.807, 2.05) is 6.07 Å². The van der Waals surface area contributed by atoms with Gasteiger partial charge in [0.25, 0.3) is 0 Å². The molecule has 1 aliphatic rings. The van der Waals surface area contributed by atoms with Gasteiger partial charge in [0.1, 0.15) is 5.82 Å². The second kappa shape index (κ2) is 6.86. The molecule has 1 aromatic carbocycles. The minimum absolute atomic E-state index is 0.154. The molecule has 2 rings (SSSR count). The average Bonchev–Trinajstić information content (AvgIpc) is 2.41. The summed E-state index contributed by atoms with van der Waals surface area (Å²) in [5, 5.41) is 3.56. The van der Waals surface area contributed by atoms with Crippen LogP contribution in [0.25, 0.3) is 0 Å². The van der Waals surface area contributed by atoms with E-state index in [-0.39, 0.29) is 11.9 Å². The Labute approximate surface area is 109 Å². The van der Waals surface area contributed by atoms with Crippen molar-refractivity contribution in [2.24, 2.45) is 5.92 Å². The summed E-state index contributed by atoms with van der Waals surface area (Å²) >= 11 is 0. The lowest BCUT2D eigenvalue weighted by Gasteiger charge is -2.25. The molecule has 0 spiro atoms. The molecule has 1 heterocycles. The third-order valence-corrected chi connectivity index (χ3v) is 3.65. The molecule has 0 aliphatic carbocycles. The molecule has 2 nitrogen and oxygen atoms in total. The lowest BCUT2D eigenvalue weighted by molar-refractivity contribution is 0.0654. The molecule has 1 atom stereocenters. The predicted octanol–water partition coefficient (Wildman–Crippen LogP) is 3.29. The van der Waals surface area contributed by atoms with Crippen LogP contribution < -0.4 is 5.32 Å². The van der Waals surface area contributed by atoms with E-state index >= 15 is 0 Å². The van der Waals surface area contributed by atoms with E-state index in [0.717, 1.165) is 44.6 Å². The highest BCUT2D eigenvalue weighted by molar-refractivity contribution is 5.20. The van der Waals surface area contributed by atoms with Gasteiger partial charge in [-0.1, -0.05) is 19.1 Å². The monoisotopic (exact) mass is 251 g/mol. The molecule has 3 heteroatoms. The summed E-state index contributed by atoms with van der Waals surface area (Å²) in [5.41, 5.74) is 1.05. The Bertz CT molecular complexity index is 363. The number of ether oxygens (including phenoxy) is 1. The molecule has 0 bridgehead atoms.